The number of alkyl halides is 6. The Morgan fingerprint density at radius 1 is 0.634 bits per heavy atom. The van der Waals surface area contributed by atoms with Crippen LogP contribution in [0.4, 0.5) is 26.3 Å². The van der Waals surface area contributed by atoms with Gasteiger partial charge in [0.15, 0.2) is 0 Å². The fraction of sp³-hybridized carbons (Fsp3) is 0.375. The molecule has 9 heteroatoms. The van der Waals surface area contributed by atoms with Crippen LogP contribution in [0.1, 0.15) is 76.3 Å². The molecule has 220 valence electrons. The van der Waals surface area contributed by atoms with E-state index in [4.69, 9.17) is 5.63 Å². The van der Waals surface area contributed by atoms with Crippen LogP contribution in [0.2, 0.25) is 0 Å². The molecule has 0 atom stereocenters. The number of rotatable bonds is 12. The Kier molecular flexibility index (Phi) is 10.1. The van der Waals surface area contributed by atoms with E-state index in [1.165, 1.54) is 36.4 Å². The number of allylic oxidation sites excluding steroid dienone is 8. The molecule has 0 N–H and O–H groups in total. The Bertz CT molecular complexity index is 1250. The van der Waals surface area contributed by atoms with Gasteiger partial charge in [0.25, 0.3) is 0 Å². The predicted octanol–water partition coefficient (Wildman–Crippen LogP) is 11.0. The molecule has 0 saturated heterocycles. The Morgan fingerprint density at radius 2 is 1.02 bits per heavy atom. The van der Waals surface area contributed by atoms with Gasteiger partial charge in [-0.3, -0.25) is 0 Å². The van der Waals surface area contributed by atoms with Gasteiger partial charge in [-0.2, -0.15) is 0 Å². The second kappa shape index (κ2) is 13.2. The Hall–Kier alpha value is -2.54. The molecule has 2 aromatic carbocycles. The van der Waals surface area contributed by atoms with Crippen molar-refractivity contribution >= 4 is 0 Å². The summed E-state index contributed by atoms with van der Waals surface area (Å²) in [6.07, 6.45) is 3.67. The van der Waals surface area contributed by atoms with Crippen molar-refractivity contribution in [1.29, 1.82) is 0 Å². The zero-order valence-corrected chi connectivity index (χ0v) is 25.6. The van der Waals surface area contributed by atoms with E-state index >= 15 is 0 Å². The first kappa shape index (κ1) is 31.4. The molecule has 0 aliphatic heterocycles. The summed E-state index contributed by atoms with van der Waals surface area (Å²) in [5.41, 5.74) is -0.161. The quantitative estimate of drug-likeness (QED) is 0.212. The van der Waals surface area contributed by atoms with Crippen molar-refractivity contribution in [2.45, 2.75) is 77.6 Å². The molecule has 2 aromatic rings. The number of benzene rings is 2. The van der Waals surface area contributed by atoms with Crippen molar-refractivity contribution in [2.75, 3.05) is 0 Å². The minimum absolute atomic E-state index is 0.363. The average Bonchev–Trinajstić information content (AvgIpc) is 3.60. The molecule has 0 radical (unpaired) electrons. The molecule has 41 heavy (non-hydrogen) atoms. The van der Waals surface area contributed by atoms with E-state index in [0.29, 0.717) is 25.7 Å². The molecule has 0 heterocycles. The fourth-order valence-corrected chi connectivity index (χ4v) is 14.9. The van der Waals surface area contributed by atoms with E-state index in [1.54, 1.807) is 0 Å². The van der Waals surface area contributed by atoms with Gasteiger partial charge < -0.3 is 0 Å². The molecule has 0 fully saturated rings. The van der Waals surface area contributed by atoms with Gasteiger partial charge in [-0.15, -0.1) is 0 Å². The summed E-state index contributed by atoms with van der Waals surface area (Å²) in [6, 6.07) is 9.82. The summed E-state index contributed by atoms with van der Waals surface area (Å²) in [5.74, 6) is -0.826. The Balaban J connectivity index is 2.03. The fourth-order valence-electron chi connectivity index (χ4n) is 5.33. The zero-order valence-electron chi connectivity index (χ0n) is 23.2. The standard InChI is InChI=1S/2C9H13.2C7H5F3O.Zr/c2*1-2-3-6-9-7-4-5-8-9;2*8-7(9,10)5-3-1-2-4-6(5)11;/h2*4,7H,2-3,5-6H2,1H3;2*1-4,11H;/q;;;;+2/p-2. The van der Waals surface area contributed by atoms with Crippen LogP contribution < -0.4 is 5.63 Å². The third-order valence-corrected chi connectivity index (χ3v) is 16.3. The van der Waals surface area contributed by atoms with E-state index in [9.17, 15) is 26.3 Å². The molecular formula is C32H34F6O2Zr. The number of para-hydroxylation sites is 2. The summed E-state index contributed by atoms with van der Waals surface area (Å²) in [6.45, 7) is 4.07. The van der Waals surface area contributed by atoms with E-state index in [2.05, 4.69) is 0 Å². The van der Waals surface area contributed by atoms with Crippen molar-refractivity contribution in [3.8, 4) is 11.5 Å². The van der Waals surface area contributed by atoms with E-state index in [1.807, 2.05) is 38.2 Å². The number of hydrogen-bond acceptors (Lipinski definition) is 2. The zero-order chi connectivity index (χ0) is 29.7. The molecule has 2 aliphatic rings. The molecule has 0 unspecified atom stereocenters. The van der Waals surface area contributed by atoms with Gasteiger partial charge in [-0.05, 0) is 0 Å². The molecule has 0 bridgehead atoms. The van der Waals surface area contributed by atoms with Gasteiger partial charge in [0.2, 0.25) is 0 Å². The number of unbranched alkanes of at least 4 members (excludes halogenated alkanes) is 2. The summed E-state index contributed by atoms with van der Waals surface area (Å²) >= 11 is -5.34. The van der Waals surface area contributed by atoms with Crippen LogP contribution in [0.15, 0.2) is 90.5 Å². The van der Waals surface area contributed by atoms with Crippen molar-refractivity contribution in [2.24, 2.45) is 0 Å². The molecule has 0 saturated carbocycles. The monoisotopic (exact) mass is 654 g/mol. The van der Waals surface area contributed by atoms with Crippen molar-refractivity contribution < 1.29 is 53.1 Å². The van der Waals surface area contributed by atoms with Crippen LogP contribution in [-0.4, -0.2) is 0 Å². The molecule has 0 amide bonds. The third-order valence-electron chi connectivity index (χ3n) is 7.34. The van der Waals surface area contributed by atoms with Gasteiger partial charge in [-0.25, -0.2) is 0 Å². The molecule has 4 rings (SSSR count). The topological polar surface area (TPSA) is 18.5 Å². The third kappa shape index (κ3) is 7.10. The van der Waals surface area contributed by atoms with Crippen LogP contribution in [0.25, 0.3) is 0 Å². The minimum atomic E-state index is -5.34. The van der Waals surface area contributed by atoms with Crippen LogP contribution in [0.5, 0.6) is 11.5 Å². The van der Waals surface area contributed by atoms with E-state index in [-0.39, 0.29) is 0 Å². The van der Waals surface area contributed by atoms with Gasteiger partial charge in [-0.1, -0.05) is 0 Å². The van der Waals surface area contributed by atoms with Crippen molar-refractivity contribution in [3.63, 3.8) is 0 Å². The summed E-state index contributed by atoms with van der Waals surface area (Å²) in [7, 11) is 0. The molecular weight excluding hydrogens is 622 g/mol. The Labute approximate surface area is 243 Å². The molecule has 0 aromatic heterocycles. The van der Waals surface area contributed by atoms with Crippen molar-refractivity contribution in [1.82, 2.24) is 0 Å². The van der Waals surface area contributed by atoms with E-state index < -0.39 is 56.1 Å². The van der Waals surface area contributed by atoms with Crippen LogP contribution in [-0.2, 0) is 33.5 Å². The second-order valence-corrected chi connectivity index (χ2v) is 17.2. The first-order chi connectivity index (χ1) is 19.5. The summed E-state index contributed by atoms with van der Waals surface area (Å²) < 4.78 is 100. The molecule has 2 aliphatic carbocycles. The van der Waals surface area contributed by atoms with Gasteiger partial charge in [0.1, 0.15) is 0 Å². The molecule has 0 spiro atoms. The van der Waals surface area contributed by atoms with E-state index in [0.717, 1.165) is 55.5 Å². The van der Waals surface area contributed by atoms with Crippen LogP contribution >= 0.6 is 0 Å². The Morgan fingerprint density at radius 3 is 1.39 bits per heavy atom. The maximum atomic E-state index is 14.2. The predicted molar refractivity (Wildman–Crippen MR) is 145 cm³/mol. The summed E-state index contributed by atoms with van der Waals surface area (Å²) in [4.78, 5) is 0. The average molecular weight is 656 g/mol. The van der Waals surface area contributed by atoms with Gasteiger partial charge in [0.05, 0.1) is 0 Å². The van der Waals surface area contributed by atoms with Gasteiger partial charge >= 0.3 is 244 Å². The van der Waals surface area contributed by atoms with Crippen molar-refractivity contribution in [3.05, 3.63) is 102 Å². The van der Waals surface area contributed by atoms with Crippen LogP contribution in [0.3, 0.4) is 0 Å². The normalized spacial score (nSPS) is 15.8. The number of hydrogen-bond donors (Lipinski definition) is 0. The second-order valence-electron chi connectivity index (χ2n) is 10.2. The first-order valence-electron chi connectivity index (χ1n) is 14.0. The molecule has 2 nitrogen and oxygen atoms in total. The SMILES string of the molecule is CCCCC1=[C]([Zr]([O]c2ccccc2C(F)(F)F)([O]c2ccccc2C(F)(F)F)[C]2=C(CCCC)C=CC2)CC=C1. The van der Waals surface area contributed by atoms with Crippen LogP contribution in [0, 0.1) is 0 Å². The number of halogens is 6. The van der Waals surface area contributed by atoms with Gasteiger partial charge in [0, 0.05) is 0 Å². The first-order valence-corrected chi connectivity index (χ1v) is 18.5. The maximum absolute atomic E-state index is 14.2. The summed E-state index contributed by atoms with van der Waals surface area (Å²) in [5, 5.41) is 0.